The Morgan fingerprint density at radius 3 is 2.80 bits per heavy atom. The van der Waals surface area contributed by atoms with Crippen molar-refractivity contribution in [2.75, 3.05) is 18.0 Å². The van der Waals surface area contributed by atoms with Crippen LogP contribution in [0.25, 0.3) is 0 Å². The molecule has 1 aliphatic carbocycles. The van der Waals surface area contributed by atoms with Crippen LogP contribution in [0.1, 0.15) is 43.6 Å². The van der Waals surface area contributed by atoms with Crippen molar-refractivity contribution >= 4 is 5.82 Å². The number of nitrogens with zero attached hydrogens (tertiary/aromatic N) is 3. The fraction of sp³-hybridized carbons (Fsp3) is 0.579. The van der Waals surface area contributed by atoms with E-state index >= 15 is 0 Å². The van der Waals surface area contributed by atoms with Gasteiger partial charge in [0, 0.05) is 44.5 Å². The van der Waals surface area contributed by atoms with Crippen LogP contribution in [0.15, 0.2) is 33.7 Å². The second-order valence-corrected chi connectivity index (χ2v) is 7.43. The minimum absolute atomic E-state index is 0.0219. The molecule has 1 saturated carbocycles. The van der Waals surface area contributed by atoms with Crippen LogP contribution in [0.4, 0.5) is 5.82 Å². The number of hydrogen-bond acceptors (Lipinski definition) is 5. The molecule has 2 aromatic heterocycles. The van der Waals surface area contributed by atoms with Gasteiger partial charge in [-0.25, -0.2) is 4.98 Å². The average Bonchev–Trinajstić information content (AvgIpc) is 3.17. The second-order valence-electron chi connectivity index (χ2n) is 7.43. The largest absolute Gasteiger partial charge is 0.464 e. The standard InChI is InChI=1S/C19H26N4O2/c1-13-11-16(13)17-4-3-15(25-17)12-21-14-5-8-23(9-6-14)18-19(24)22(2)10-7-20-18/h3-4,7,10,13-14,16,21H,5-6,8-9,11-12H2,1-2H3/t13-,16-/m0/s1. The summed E-state index contributed by atoms with van der Waals surface area (Å²) in [6.07, 6.45) is 6.65. The normalized spacial score (nSPS) is 23.8. The van der Waals surface area contributed by atoms with Gasteiger partial charge < -0.3 is 19.2 Å². The van der Waals surface area contributed by atoms with E-state index in [1.807, 2.05) is 0 Å². The van der Waals surface area contributed by atoms with E-state index in [0.717, 1.165) is 49.9 Å². The van der Waals surface area contributed by atoms with E-state index in [9.17, 15) is 4.79 Å². The SMILES string of the molecule is C[C@H]1C[C@@H]1c1ccc(CNC2CCN(c3nccn(C)c3=O)CC2)o1. The maximum atomic E-state index is 12.2. The Bertz CT molecular complexity index is 789. The van der Waals surface area contributed by atoms with Crippen molar-refractivity contribution in [1.82, 2.24) is 14.9 Å². The first-order valence-electron chi connectivity index (χ1n) is 9.20. The van der Waals surface area contributed by atoms with Crippen LogP contribution in [0.2, 0.25) is 0 Å². The predicted molar refractivity (Wildman–Crippen MR) is 96.8 cm³/mol. The quantitative estimate of drug-likeness (QED) is 0.903. The van der Waals surface area contributed by atoms with Crippen molar-refractivity contribution in [3.63, 3.8) is 0 Å². The monoisotopic (exact) mass is 342 g/mol. The Hall–Kier alpha value is -2.08. The van der Waals surface area contributed by atoms with E-state index in [0.29, 0.717) is 17.8 Å². The van der Waals surface area contributed by atoms with Crippen molar-refractivity contribution in [3.05, 3.63) is 46.4 Å². The maximum absolute atomic E-state index is 12.2. The van der Waals surface area contributed by atoms with Crippen molar-refractivity contribution in [2.24, 2.45) is 13.0 Å². The third kappa shape index (κ3) is 3.49. The zero-order valence-corrected chi connectivity index (χ0v) is 14.9. The number of hydrogen-bond donors (Lipinski definition) is 1. The second kappa shape index (κ2) is 6.67. The Labute approximate surface area is 147 Å². The fourth-order valence-electron chi connectivity index (χ4n) is 3.65. The molecule has 2 aliphatic rings. The summed E-state index contributed by atoms with van der Waals surface area (Å²) < 4.78 is 7.55. The summed E-state index contributed by atoms with van der Waals surface area (Å²) in [7, 11) is 1.77. The van der Waals surface area contributed by atoms with Gasteiger partial charge in [-0.3, -0.25) is 4.79 Å². The zero-order valence-electron chi connectivity index (χ0n) is 14.9. The van der Waals surface area contributed by atoms with Gasteiger partial charge in [0.05, 0.1) is 6.54 Å². The van der Waals surface area contributed by atoms with Gasteiger partial charge in [0.2, 0.25) is 0 Å². The summed E-state index contributed by atoms with van der Waals surface area (Å²) in [5.41, 5.74) is -0.0219. The Morgan fingerprint density at radius 1 is 1.32 bits per heavy atom. The topological polar surface area (TPSA) is 63.3 Å². The summed E-state index contributed by atoms with van der Waals surface area (Å²) >= 11 is 0. The summed E-state index contributed by atoms with van der Waals surface area (Å²) in [4.78, 5) is 18.5. The molecule has 1 N–H and O–H groups in total. The molecule has 0 unspecified atom stereocenters. The van der Waals surface area contributed by atoms with Crippen LogP contribution >= 0.6 is 0 Å². The van der Waals surface area contributed by atoms with Crippen LogP contribution in [0, 0.1) is 5.92 Å². The molecule has 1 aliphatic heterocycles. The Balaban J connectivity index is 1.28. The van der Waals surface area contributed by atoms with Crippen LogP contribution in [-0.2, 0) is 13.6 Å². The number of aryl methyl sites for hydroxylation is 1. The minimum atomic E-state index is -0.0219. The van der Waals surface area contributed by atoms with E-state index in [1.54, 1.807) is 24.0 Å². The first kappa shape index (κ1) is 16.4. The molecule has 6 heteroatoms. The predicted octanol–water partition coefficient (Wildman–Crippen LogP) is 2.26. The van der Waals surface area contributed by atoms with Crippen molar-refractivity contribution in [3.8, 4) is 0 Å². The molecule has 25 heavy (non-hydrogen) atoms. The van der Waals surface area contributed by atoms with Gasteiger partial charge in [0.25, 0.3) is 5.56 Å². The Morgan fingerprint density at radius 2 is 2.08 bits per heavy atom. The van der Waals surface area contributed by atoms with Crippen LogP contribution in [0.5, 0.6) is 0 Å². The molecule has 0 amide bonds. The number of nitrogens with one attached hydrogen (secondary N) is 1. The summed E-state index contributed by atoms with van der Waals surface area (Å²) in [6, 6.07) is 4.68. The highest BCUT2D eigenvalue weighted by molar-refractivity contribution is 5.36. The number of anilines is 1. The minimum Gasteiger partial charge on any atom is -0.464 e. The maximum Gasteiger partial charge on any atom is 0.293 e. The van der Waals surface area contributed by atoms with Gasteiger partial charge >= 0.3 is 0 Å². The van der Waals surface area contributed by atoms with Gasteiger partial charge in [-0.05, 0) is 37.3 Å². The molecular formula is C19H26N4O2. The molecule has 0 bridgehead atoms. The van der Waals surface area contributed by atoms with Crippen LogP contribution < -0.4 is 15.8 Å². The molecule has 4 rings (SSSR count). The van der Waals surface area contributed by atoms with Gasteiger partial charge in [0.15, 0.2) is 5.82 Å². The molecule has 2 atom stereocenters. The Kier molecular flexibility index (Phi) is 4.37. The molecule has 0 aromatic carbocycles. The third-order valence-electron chi connectivity index (χ3n) is 5.52. The average molecular weight is 342 g/mol. The number of rotatable bonds is 5. The van der Waals surface area contributed by atoms with E-state index < -0.39 is 0 Å². The highest BCUT2D eigenvalue weighted by Gasteiger charge is 2.36. The summed E-state index contributed by atoms with van der Waals surface area (Å²) in [5.74, 6) is 4.14. The molecule has 2 aromatic rings. The summed E-state index contributed by atoms with van der Waals surface area (Å²) in [5, 5.41) is 3.60. The van der Waals surface area contributed by atoms with Gasteiger partial charge in [-0.15, -0.1) is 0 Å². The van der Waals surface area contributed by atoms with Gasteiger partial charge in [-0.1, -0.05) is 6.92 Å². The smallest absolute Gasteiger partial charge is 0.293 e. The van der Waals surface area contributed by atoms with Gasteiger partial charge in [0.1, 0.15) is 11.5 Å². The van der Waals surface area contributed by atoms with Crippen LogP contribution in [0.3, 0.4) is 0 Å². The van der Waals surface area contributed by atoms with E-state index in [-0.39, 0.29) is 5.56 Å². The molecule has 134 valence electrons. The highest BCUT2D eigenvalue weighted by Crippen LogP contribution is 2.47. The molecular weight excluding hydrogens is 316 g/mol. The number of piperidine rings is 1. The summed E-state index contributed by atoms with van der Waals surface area (Å²) in [6.45, 7) is 4.75. The lowest BCUT2D eigenvalue weighted by atomic mass is 10.1. The molecule has 6 nitrogen and oxygen atoms in total. The molecule has 0 radical (unpaired) electrons. The van der Waals surface area contributed by atoms with Gasteiger partial charge in [-0.2, -0.15) is 0 Å². The van der Waals surface area contributed by atoms with E-state index in [4.69, 9.17) is 4.42 Å². The van der Waals surface area contributed by atoms with Crippen molar-refractivity contribution in [2.45, 2.75) is 44.7 Å². The first-order valence-corrected chi connectivity index (χ1v) is 9.20. The number of aromatic nitrogens is 2. The zero-order chi connectivity index (χ0) is 17.4. The molecule has 2 fully saturated rings. The first-order chi connectivity index (χ1) is 12.1. The third-order valence-corrected chi connectivity index (χ3v) is 5.52. The lowest BCUT2D eigenvalue weighted by Gasteiger charge is -2.32. The van der Waals surface area contributed by atoms with E-state index in [1.165, 1.54) is 6.42 Å². The van der Waals surface area contributed by atoms with Crippen LogP contribution in [-0.4, -0.2) is 28.7 Å². The fourth-order valence-corrected chi connectivity index (χ4v) is 3.65. The number of furan rings is 1. The van der Waals surface area contributed by atoms with E-state index in [2.05, 4.69) is 34.3 Å². The lowest BCUT2D eigenvalue weighted by Crippen LogP contribution is -2.44. The lowest BCUT2D eigenvalue weighted by molar-refractivity contribution is 0.379. The molecule has 3 heterocycles. The molecule has 0 spiro atoms. The van der Waals surface area contributed by atoms with Crippen molar-refractivity contribution in [1.29, 1.82) is 0 Å². The van der Waals surface area contributed by atoms with Crippen molar-refractivity contribution < 1.29 is 4.42 Å². The highest BCUT2D eigenvalue weighted by atomic mass is 16.3. The molecule has 1 saturated heterocycles.